The second-order valence-corrected chi connectivity index (χ2v) is 4.85. The predicted octanol–water partition coefficient (Wildman–Crippen LogP) is 2.80. The molecule has 1 nitrogen and oxygen atoms in total. The molecule has 1 aromatic carbocycles. The Kier molecular flexibility index (Phi) is 2.35. The number of rotatable bonds is 0. The summed E-state index contributed by atoms with van der Waals surface area (Å²) >= 11 is 1.95. The van der Waals surface area contributed by atoms with Crippen molar-refractivity contribution in [3.8, 4) is 0 Å². The van der Waals surface area contributed by atoms with Crippen LogP contribution in [-0.2, 0) is 0 Å². The first-order valence-corrected chi connectivity index (χ1v) is 5.66. The molecule has 2 rings (SSSR count). The molecule has 0 radical (unpaired) electrons. The molecule has 0 aliphatic carbocycles. The van der Waals surface area contributed by atoms with Crippen molar-refractivity contribution in [1.82, 2.24) is 0 Å². The number of benzene rings is 1. The highest BCUT2D eigenvalue weighted by atomic mass is 32.2. The van der Waals surface area contributed by atoms with E-state index in [0.717, 1.165) is 12.2 Å². The SMILES string of the molecule is Cc1cc(C)c2c(c1)C(N)CCS2. The molecule has 2 heteroatoms. The lowest BCUT2D eigenvalue weighted by atomic mass is 10.00. The maximum atomic E-state index is 6.07. The quantitative estimate of drug-likeness (QED) is 0.685. The van der Waals surface area contributed by atoms with Gasteiger partial charge in [0.2, 0.25) is 0 Å². The predicted molar refractivity (Wildman–Crippen MR) is 58.2 cm³/mol. The smallest absolute Gasteiger partial charge is 0.0314 e. The van der Waals surface area contributed by atoms with Crippen LogP contribution in [0.3, 0.4) is 0 Å². The van der Waals surface area contributed by atoms with Crippen molar-refractivity contribution < 1.29 is 0 Å². The zero-order valence-electron chi connectivity index (χ0n) is 8.13. The van der Waals surface area contributed by atoms with Gasteiger partial charge in [-0.3, -0.25) is 0 Å². The Morgan fingerprint density at radius 1 is 1.38 bits per heavy atom. The summed E-state index contributed by atoms with van der Waals surface area (Å²) in [7, 11) is 0. The fourth-order valence-electron chi connectivity index (χ4n) is 1.90. The molecular weight excluding hydrogens is 178 g/mol. The molecule has 0 saturated heterocycles. The minimum atomic E-state index is 0.259. The first-order valence-electron chi connectivity index (χ1n) is 4.68. The topological polar surface area (TPSA) is 26.0 Å². The molecule has 1 atom stereocenters. The fourth-order valence-corrected chi connectivity index (χ4v) is 3.14. The molecule has 0 bridgehead atoms. The summed E-state index contributed by atoms with van der Waals surface area (Å²) in [5, 5.41) is 0. The van der Waals surface area contributed by atoms with Crippen molar-refractivity contribution in [3.63, 3.8) is 0 Å². The summed E-state index contributed by atoms with van der Waals surface area (Å²) in [4.78, 5) is 1.42. The van der Waals surface area contributed by atoms with E-state index in [1.165, 1.54) is 21.6 Å². The van der Waals surface area contributed by atoms with Crippen LogP contribution in [0, 0.1) is 13.8 Å². The number of fused-ring (bicyclic) bond motifs is 1. The molecule has 0 amide bonds. The van der Waals surface area contributed by atoms with Gasteiger partial charge in [0, 0.05) is 10.9 Å². The summed E-state index contributed by atoms with van der Waals surface area (Å²) in [5.74, 6) is 1.16. The van der Waals surface area contributed by atoms with E-state index in [0.29, 0.717) is 0 Å². The van der Waals surface area contributed by atoms with Crippen LogP contribution in [0.15, 0.2) is 17.0 Å². The number of nitrogens with two attached hydrogens (primary N) is 1. The highest BCUT2D eigenvalue weighted by Crippen LogP contribution is 2.37. The van der Waals surface area contributed by atoms with Gasteiger partial charge in [0.15, 0.2) is 0 Å². The van der Waals surface area contributed by atoms with E-state index >= 15 is 0 Å². The summed E-state index contributed by atoms with van der Waals surface area (Å²) < 4.78 is 0. The van der Waals surface area contributed by atoms with Crippen molar-refractivity contribution in [3.05, 3.63) is 28.8 Å². The Hall–Kier alpha value is -0.470. The molecule has 1 unspecified atom stereocenters. The molecule has 0 spiro atoms. The van der Waals surface area contributed by atoms with Crippen LogP contribution < -0.4 is 5.73 Å². The summed E-state index contributed by atoms with van der Waals surface area (Å²) in [6.07, 6.45) is 1.11. The highest BCUT2D eigenvalue weighted by Gasteiger charge is 2.18. The minimum Gasteiger partial charge on any atom is -0.324 e. The lowest BCUT2D eigenvalue weighted by Crippen LogP contribution is -2.16. The molecule has 1 aromatic rings. The van der Waals surface area contributed by atoms with Crippen molar-refractivity contribution in [2.24, 2.45) is 5.73 Å². The number of hydrogen-bond donors (Lipinski definition) is 1. The highest BCUT2D eigenvalue weighted by molar-refractivity contribution is 7.99. The Labute approximate surface area is 83.7 Å². The Morgan fingerprint density at radius 3 is 2.92 bits per heavy atom. The second-order valence-electron chi connectivity index (χ2n) is 3.74. The maximum absolute atomic E-state index is 6.07. The van der Waals surface area contributed by atoms with Gasteiger partial charge < -0.3 is 5.73 Å². The molecule has 1 heterocycles. The molecule has 2 N–H and O–H groups in total. The first kappa shape index (κ1) is 9.10. The molecule has 0 aromatic heterocycles. The first-order chi connectivity index (χ1) is 6.18. The molecule has 0 saturated carbocycles. The Bertz CT molecular complexity index is 333. The van der Waals surface area contributed by atoms with E-state index in [1.807, 2.05) is 11.8 Å². The Balaban J connectivity index is 2.56. The van der Waals surface area contributed by atoms with E-state index in [9.17, 15) is 0 Å². The van der Waals surface area contributed by atoms with E-state index in [1.54, 1.807) is 0 Å². The summed E-state index contributed by atoms with van der Waals surface area (Å²) in [6, 6.07) is 4.73. The van der Waals surface area contributed by atoms with E-state index in [4.69, 9.17) is 5.73 Å². The summed E-state index contributed by atoms with van der Waals surface area (Å²) in [6.45, 7) is 4.32. The number of thioether (sulfide) groups is 1. The van der Waals surface area contributed by atoms with Gasteiger partial charge in [-0.1, -0.05) is 17.7 Å². The van der Waals surface area contributed by atoms with Gasteiger partial charge in [0.05, 0.1) is 0 Å². The molecule has 70 valence electrons. The lowest BCUT2D eigenvalue weighted by molar-refractivity contribution is 0.677. The monoisotopic (exact) mass is 193 g/mol. The van der Waals surface area contributed by atoms with Crippen molar-refractivity contribution in [2.45, 2.75) is 31.2 Å². The van der Waals surface area contributed by atoms with Gasteiger partial charge in [-0.2, -0.15) is 0 Å². The zero-order chi connectivity index (χ0) is 9.42. The maximum Gasteiger partial charge on any atom is 0.0314 e. The molecule has 0 fully saturated rings. The molecule has 1 aliphatic heterocycles. The largest absolute Gasteiger partial charge is 0.324 e. The van der Waals surface area contributed by atoms with E-state index < -0.39 is 0 Å². The average Bonchev–Trinajstić information content (AvgIpc) is 2.07. The Morgan fingerprint density at radius 2 is 2.15 bits per heavy atom. The zero-order valence-corrected chi connectivity index (χ0v) is 8.95. The second kappa shape index (κ2) is 3.35. The third-order valence-electron chi connectivity index (χ3n) is 2.52. The normalized spacial score (nSPS) is 21.3. The number of aryl methyl sites for hydroxylation is 2. The van der Waals surface area contributed by atoms with Crippen molar-refractivity contribution in [2.75, 3.05) is 5.75 Å². The van der Waals surface area contributed by atoms with E-state index in [2.05, 4.69) is 26.0 Å². The van der Waals surface area contributed by atoms with Gasteiger partial charge in [-0.25, -0.2) is 0 Å². The molecule has 13 heavy (non-hydrogen) atoms. The van der Waals surface area contributed by atoms with Gasteiger partial charge in [0.25, 0.3) is 0 Å². The lowest BCUT2D eigenvalue weighted by Gasteiger charge is -2.23. The molecule has 1 aliphatic rings. The number of hydrogen-bond acceptors (Lipinski definition) is 2. The molecular formula is C11H15NS. The fraction of sp³-hybridized carbons (Fsp3) is 0.455. The van der Waals surface area contributed by atoms with Gasteiger partial charge in [-0.05, 0) is 37.1 Å². The minimum absolute atomic E-state index is 0.259. The van der Waals surface area contributed by atoms with Gasteiger partial charge in [0.1, 0.15) is 0 Å². The van der Waals surface area contributed by atoms with Crippen LogP contribution >= 0.6 is 11.8 Å². The standard InChI is InChI=1S/C11H15NS/c1-7-5-8(2)11-9(6-7)10(12)3-4-13-11/h5-6,10H,3-4,12H2,1-2H3. The van der Waals surface area contributed by atoms with Crippen LogP contribution in [0.4, 0.5) is 0 Å². The third-order valence-corrected chi connectivity index (χ3v) is 3.81. The van der Waals surface area contributed by atoms with Crippen LogP contribution in [0.2, 0.25) is 0 Å². The van der Waals surface area contributed by atoms with Gasteiger partial charge >= 0.3 is 0 Å². The van der Waals surface area contributed by atoms with Crippen molar-refractivity contribution >= 4 is 11.8 Å². The van der Waals surface area contributed by atoms with Crippen LogP contribution in [0.5, 0.6) is 0 Å². The summed E-state index contributed by atoms with van der Waals surface area (Å²) in [5.41, 5.74) is 10.1. The van der Waals surface area contributed by atoms with Crippen LogP contribution in [-0.4, -0.2) is 5.75 Å². The average molecular weight is 193 g/mol. The third kappa shape index (κ3) is 1.61. The van der Waals surface area contributed by atoms with Crippen LogP contribution in [0.1, 0.15) is 29.2 Å². The van der Waals surface area contributed by atoms with E-state index in [-0.39, 0.29) is 6.04 Å². The van der Waals surface area contributed by atoms with Gasteiger partial charge in [-0.15, -0.1) is 11.8 Å². The van der Waals surface area contributed by atoms with Crippen LogP contribution in [0.25, 0.3) is 0 Å². The van der Waals surface area contributed by atoms with Crippen molar-refractivity contribution in [1.29, 1.82) is 0 Å².